The molecule has 0 bridgehead atoms. The Labute approximate surface area is 182 Å². The predicted molar refractivity (Wildman–Crippen MR) is 117 cm³/mol. The van der Waals surface area contributed by atoms with Crippen molar-refractivity contribution in [2.24, 2.45) is 0 Å². The Balaban J connectivity index is 1.67. The molecule has 0 fully saturated rings. The summed E-state index contributed by atoms with van der Waals surface area (Å²) in [5, 5.41) is 3.96. The molecule has 0 radical (unpaired) electrons. The zero-order valence-electron chi connectivity index (χ0n) is 16.8. The predicted octanol–water partition coefficient (Wildman–Crippen LogP) is 5.48. The van der Waals surface area contributed by atoms with Crippen LogP contribution in [0, 0.1) is 0 Å². The molecule has 8 heteroatoms. The van der Waals surface area contributed by atoms with Crippen molar-refractivity contribution in [3.63, 3.8) is 0 Å². The third kappa shape index (κ3) is 3.33. The van der Waals surface area contributed by atoms with Crippen LogP contribution in [0.4, 0.5) is 0 Å². The summed E-state index contributed by atoms with van der Waals surface area (Å²) in [6.45, 7) is 7.26. The molecule has 4 heterocycles. The van der Waals surface area contributed by atoms with E-state index in [1.54, 1.807) is 22.7 Å². The number of rotatable bonds is 6. The van der Waals surface area contributed by atoms with Crippen LogP contribution < -0.4 is 28.4 Å². The normalized spacial score (nSPS) is 14.5. The zero-order valence-corrected chi connectivity index (χ0v) is 18.5. The standard InChI is InChI=1S/C22H22O6S2/c1-3-23-15-9-14(22-20-18(12-30-22)26-6-8-28-20)16(24-4-2)10-13(15)21-19-17(11-29-21)25-5-7-27-19/h9-12H,3-8H2,1-2H3. The van der Waals surface area contributed by atoms with Gasteiger partial charge in [-0.1, -0.05) is 0 Å². The first-order chi connectivity index (χ1) is 14.8. The molecule has 2 aliphatic rings. The van der Waals surface area contributed by atoms with Crippen LogP contribution in [0.3, 0.4) is 0 Å². The van der Waals surface area contributed by atoms with Gasteiger partial charge in [0.05, 0.1) is 23.0 Å². The van der Waals surface area contributed by atoms with E-state index in [0.29, 0.717) is 39.6 Å². The van der Waals surface area contributed by atoms with Gasteiger partial charge in [-0.25, -0.2) is 0 Å². The largest absolute Gasteiger partial charge is 0.493 e. The fraction of sp³-hybridized carbons (Fsp3) is 0.364. The lowest BCUT2D eigenvalue weighted by atomic mass is 10.0. The third-order valence-electron chi connectivity index (χ3n) is 4.77. The first-order valence-corrected chi connectivity index (χ1v) is 11.7. The highest BCUT2D eigenvalue weighted by molar-refractivity contribution is 7.14. The van der Waals surface area contributed by atoms with E-state index in [0.717, 1.165) is 55.4 Å². The van der Waals surface area contributed by atoms with Crippen LogP contribution in [0.5, 0.6) is 34.5 Å². The summed E-state index contributed by atoms with van der Waals surface area (Å²) in [4.78, 5) is 1.96. The van der Waals surface area contributed by atoms with Crippen molar-refractivity contribution in [1.82, 2.24) is 0 Å². The van der Waals surface area contributed by atoms with E-state index in [1.165, 1.54) is 0 Å². The number of hydrogen-bond donors (Lipinski definition) is 0. The highest BCUT2D eigenvalue weighted by Crippen LogP contribution is 2.53. The molecule has 30 heavy (non-hydrogen) atoms. The van der Waals surface area contributed by atoms with Crippen molar-refractivity contribution in [1.29, 1.82) is 0 Å². The number of ether oxygens (including phenoxy) is 6. The summed E-state index contributed by atoms with van der Waals surface area (Å²) in [5.74, 6) is 4.65. The van der Waals surface area contributed by atoms with E-state index in [4.69, 9.17) is 28.4 Å². The van der Waals surface area contributed by atoms with Gasteiger partial charge in [0.2, 0.25) is 0 Å². The van der Waals surface area contributed by atoms with E-state index in [1.807, 2.05) is 36.7 Å². The number of fused-ring (bicyclic) bond motifs is 2. The Bertz CT molecular complexity index is 970. The Morgan fingerprint density at radius 3 is 1.57 bits per heavy atom. The molecule has 0 saturated heterocycles. The average molecular weight is 447 g/mol. The summed E-state index contributed by atoms with van der Waals surface area (Å²) in [7, 11) is 0. The van der Waals surface area contributed by atoms with Crippen LogP contribution in [0.25, 0.3) is 20.9 Å². The lowest BCUT2D eigenvalue weighted by Crippen LogP contribution is -2.14. The molecular weight excluding hydrogens is 424 g/mol. The van der Waals surface area contributed by atoms with Crippen LogP contribution in [-0.2, 0) is 0 Å². The van der Waals surface area contributed by atoms with Crippen LogP contribution >= 0.6 is 22.7 Å². The quantitative estimate of drug-likeness (QED) is 0.500. The zero-order chi connectivity index (χ0) is 20.5. The van der Waals surface area contributed by atoms with Gasteiger partial charge in [0.15, 0.2) is 23.0 Å². The van der Waals surface area contributed by atoms with Crippen molar-refractivity contribution in [2.45, 2.75) is 13.8 Å². The lowest BCUT2D eigenvalue weighted by molar-refractivity contribution is 0.174. The van der Waals surface area contributed by atoms with Gasteiger partial charge in [-0.2, -0.15) is 0 Å². The topological polar surface area (TPSA) is 55.4 Å². The molecule has 0 saturated carbocycles. The van der Waals surface area contributed by atoms with Gasteiger partial charge < -0.3 is 28.4 Å². The SMILES string of the molecule is CCOc1cc(-c2scc3c2OCCO3)c(OCC)cc1-c1scc2c1OCCO2. The Morgan fingerprint density at radius 2 is 1.13 bits per heavy atom. The minimum Gasteiger partial charge on any atom is -0.493 e. The van der Waals surface area contributed by atoms with Gasteiger partial charge in [-0.05, 0) is 26.0 Å². The summed E-state index contributed by atoms with van der Waals surface area (Å²) in [5.41, 5.74) is 1.87. The van der Waals surface area contributed by atoms with E-state index in [-0.39, 0.29) is 0 Å². The first-order valence-electron chi connectivity index (χ1n) is 9.98. The molecule has 158 valence electrons. The van der Waals surface area contributed by atoms with E-state index >= 15 is 0 Å². The van der Waals surface area contributed by atoms with Gasteiger partial charge in [-0.3, -0.25) is 0 Å². The van der Waals surface area contributed by atoms with Crippen molar-refractivity contribution < 1.29 is 28.4 Å². The molecule has 2 aromatic heterocycles. The minimum atomic E-state index is 0.537. The van der Waals surface area contributed by atoms with E-state index in [2.05, 4.69) is 0 Å². The van der Waals surface area contributed by atoms with Gasteiger partial charge in [0.25, 0.3) is 0 Å². The van der Waals surface area contributed by atoms with Crippen LogP contribution in [0.1, 0.15) is 13.8 Å². The molecule has 0 spiro atoms. The summed E-state index contributed by atoms with van der Waals surface area (Å²) >= 11 is 3.17. The molecule has 5 rings (SSSR count). The number of benzene rings is 1. The Hall–Kier alpha value is -2.58. The third-order valence-corrected chi connectivity index (χ3v) is 6.72. The summed E-state index contributed by atoms with van der Waals surface area (Å²) in [6.07, 6.45) is 0. The molecule has 0 atom stereocenters. The van der Waals surface area contributed by atoms with Crippen LogP contribution in [0.2, 0.25) is 0 Å². The summed E-state index contributed by atoms with van der Waals surface area (Å²) < 4.78 is 35.4. The van der Waals surface area contributed by atoms with Gasteiger partial charge in [-0.15, -0.1) is 22.7 Å². The molecule has 1 aromatic carbocycles. The maximum Gasteiger partial charge on any atom is 0.180 e. The smallest absolute Gasteiger partial charge is 0.180 e. The fourth-order valence-electron chi connectivity index (χ4n) is 3.56. The van der Waals surface area contributed by atoms with E-state index < -0.39 is 0 Å². The molecule has 2 aliphatic heterocycles. The second-order valence-electron chi connectivity index (χ2n) is 6.62. The number of hydrogen-bond acceptors (Lipinski definition) is 8. The average Bonchev–Trinajstić information content (AvgIpc) is 3.39. The molecule has 0 aliphatic carbocycles. The molecule has 0 unspecified atom stereocenters. The number of thiophene rings is 2. The Kier molecular flexibility index (Phi) is 5.35. The lowest BCUT2D eigenvalue weighted by Gasteiger charge is -2.20. The first kappa shape index (κ1) is 19.4. The van der Waals surface area contributed by atoms with Gasteiger partial charge in [0, 0.05) is 21.9 Å². The van der Waals surface area contributed by atoms with Crippen molar-refractivity contribution in [3.8, 4) is 55.4 Å². The van der Waals surface area contributed by atoms with Crippen LogP contribution in [-0.4, -0.2) is 39.6 Å². The highest BCUT2D eigenvalue weighted by Gasteiger charge is 2.27. The molecule has 3 aromatic rings. The highest BCUT2D eigenvalue weighted by atomic mass is 32.1. The molecule has 0 N–H and O–H groups in total. The van der Waals surface area contributed by atoms with Crippen molar-refractivity contribution in [3.05, 3.63) is 22.9 Å². The molecule has 6 nitrogen and oxygen atoms in total. The second-order valence-corrected chi connectivity index (χ2v) is 8.38. The van der Waals surface area contributed by atoms with Crippen molar-refractivity contribution in [2.75, 3.05) is 39.6 Å². The minimum absolute atomic E-state index is 0.537. The van der Waals surface area contributed by atoms with E-state index in [9.17, 15) is 0 Å². The van der Waals surface area contributed by atoms with Crippen molar-refractivity contribution >= 4 is 22.7 Å². The van der Waals surface area contributed by atoms with Gasteiger partial charge >= 0.3 is 0 Å². The monoisotopic (exact) mass is 446 g/mol. The molecular formula is C22H22O6S2. The maximum atomic E-state index is 6.06. The molecule has 0 amide bonds. The Morgan fingerprint density at radius 1 is 0.700 bits per heavy atom. The fourth-order valence-corrected chi connectivity index (χ4v) is 5.47. The van der Waals surface area contributed by atoms with Gasteiger partial charge in [0.1, 0.15) is 37.9 Å². The summed E-state index contributed by atoms with van der Waals surface area (Å²) in [6, 6.07) is 4.06. The maximum absolute atomic E-state index is 6.06. The van der Waals surface area contributed by atoms with Crippen LogP contribution in [0.15, 0.2) is 22.9 Å². The second kappa shape index (κ2) is 8.28.